The maximum Gasteiger partial charge on any atom is 0.436 e. The quantitative estimate of drug-likeness (QED) is 0.483. The van der Waals surface area contributed by atoms with Gasteiger partial charge in [0.25, 0.3) is 0 Å². The van der Waals surface area contributed by atoms with Crippen molar-refractivity contribution in [1.29, 1.82) is 0 Å². The van der Waals surface area contributed by atoms with E-state index in [0.717, 1.165) is 4.68 Å². The summed E-state index contributed by atoms with van der Waals surface area (Å²) in [4.78, 5) is 12.4. The van der Waals surface area contributed by atoms with E-state index >= 15 is 0 Å². The summed E-state index contributed by atoms with van der Waals surface area (Å²) >= 11 is 2.91. The van der Waals surface area contributed by atoms with Gasteiger partial charge < -0.3 is 5.32 Å². The lowest BCUT2D eigenvalue weighted by Gasteiger charge is -2.09. The molecular weight excluding hydrogens is 482 g/mol. The van der Waals surface area contributed by atoms with Crippen molar-refractivity contribution in [3.05, 3.63) is 62.9 Å². The van der Waals surface area contributed by atoms with E-state index in [0.29, 0.717) is 22.6 Å². The second-order valence-electron chi connectivity index (χ2n) is 7.06. The van der Waals surface area contributed by atoms with Crippen molar-refractivity contribution >= 4 is 27.5 Å². The summed E-state index contributed by atoms with van der Waals surface area (Å²) in [5, 5.41) is 10.7. The van der Waals surface area contributed by atoms with Gasteiger partial charge in [-0.1, -0.05) is 18.2 Å². The molecule has 0 saturated carbocycles. The molecule has 1 N–H and O–H groups in total. The monoisotopic (exact) mass is 501 g/mol. The summed E-state index contributed by atoms with van der Waals surface area (Å²) in [7, 11) is 0. The van der Waals surface area contributed by atoms with E-state index in [4.69, 9.17) is 0 Å². The number of nitrogens with one attached hydrogen (secondary N) is 1. The minimum absolute atomic E-state index is 0.0200. The van der Waals surface area contributed by atoms with Gasteiger partial charge in [0, 0.05) is 12.0 Å². The number of amides is 1. The zero-order chi connectivity index (χ0) is 22.9. The molecule has 0 aliphatic heterocycles. The highest BCUT2D eigenvalue weighted by atomic mass is 79.9. The minimum atomic E-state index is -4.59. The van der Waals surface area contributed by atoms with Gasteiger partial charge in [-0.05, 0) is 42.8 Å². The van der Waals surface area contributed by atoms with Crippen LogP contribution in [-0.4, -0.2) is 25.5 Å². The Morgan fingerprint density at radius 2 is 1.77 bits per heavy atom. The molecule has 0 radical (unpaired) electrons. The van der Waals surface area contributed by atoms with Crippen molar-refractivity contribution in [3.8, 4) is 0 Å². The first-order valence-electron chi connectivity index (χ1n) is 9.36. The molecule has 0 fully saturated rings. The van der Waals surface area contributed by atoms with Crippen molar-refractivity contribution < 1.29 is 22.4 Å². The number of alkyl halides is 3. The number of hydrogen-bond donors (Lipinski definition) is 1. The van der Waals surface area contributed by atoms with Crippen LogP contribution in [0.2, 0.25) is 0 Å². The highest BCUT2D eigenvalue weighted by Gasteiger charge is 2.37. The molecule has 6 nitrogen and oxygen atoms in total. The zero-order valence-electron chi connectivity index (χ0n) is 17.0. The van der Waals surface area contributed by atoms with Gasteiger partial charge >= 0.3 is 6.18 Å². The third-order valence-electron chi connectivity index (χ3n) is 4.88. The zero-order valence-corrected chi connectivity index (χ0v) is 18.6. The Labute approximate surface area is 184 Å². The van der Waals surface area contributed by atoms with Crippen LogP contribution in [0.15, 0.2) is 28.7 Å². The predicted octanol–water partition coefficient (Wildman–Crippen LogP) is 5.00. The Kier molecular flexibility index (Phi) is 6.54. The van der Waals surface area contributed by atoms with E-state index in [-0.39, 0.29) is 35.5 Å². The van der Waals surface area contributed by atoms with Crippen LogP contribution in [-0.2, 0) is 24.1 Å². The molecule has 3 aromatic rings. The van der Waals surface area contributed by atoms with E-state index in [2.05, 4.69) is 31.4 Å². The van der Waals surface area contributed by atoms with E-state index in [1.807, 2.05) is 0 Å². The number of rotatable bonds is 6. The second kappa shape index (κ2) is 8.81. The number of hydrogen-bond acceptors (Lipinski definition) is 3. The third-order valence-corrected chi connectivity index (χ3v) is 5.83. The highest BCUT2D eigenvalue weighted by molar-refractivity contribution is 9.10. The van der Waals surface area contributed by atoms with E-state index in [9.17, 15) is 22.4 Å². The normalized spacial score (nSPS) is 11.7. The van der Waals surface area contributed by atoms with Crippen LogP contribution < -0.4 is 5.32 Å². The Balaban J connectivity index is 1.69. The van der Waals surface area contributed by atoms with Crippen LogP contribution in [0.25, 0.3) is 0 Å². The summed E-state index contributed by atoms with van der Waals surface area (Å²) in [5.74, 6) is -0.740. The summed E-state index contributed by atoms with van der Waals surface area (Å²) in [6.07, 6.45) is -4.66. The number of halogens is 5. The van der Waals surface area contributed by atoms with E-state index in [1.54, 1.807) is 36.7 Å². The maximum absolute atomic E-state index is 13.9. The van der Waals surface area contributed by atoms with Crippen molar-refractivity contribution in [3.63, 3.8) is 0 Å². The summed E-state index contributed by atoms with van der Waals surface area (Å²) < 4.78 is 55.5. The summed E-state index contributed by atoms with van der Waals surface area (Å²) in [5.41, 5.74) is 1.42. The first-order chi connectivity index (χ1) is 14.5. The molecule has 2 aromatic heterocycles. The van der Waals surface area contributed by atoms with Gasteiger partial charge in [0.05, 0.1) is 40.3 Å². The molecule has 1 amide bonds. The first-order valence-corrected chi connectivity index (χ1v) is 10.2. The third kappa shape index (κ3) is 4.97. The fourth-order valence-corrected chi connectivity index (χ4v) is 3.66. The van der Waals surface area contributed by atoms with Gasteiger partial charge in [0.2, 0.25) is 5.91 Å². The molecule has 0 aliphatic rings. The van der Waals surface area contributed by atoms with Crippen LogP contribution >= 0.6 is 15.9 Å². The number of nitrogens with zero attached hydrogens (tertiary/aromatic N) is 4. The number of aromatic nitrogens is 4. The molecule has 0 spiro atoms. The Morgan fingerprint density at radius 1 is 1.10 bits per heavy atom. The van der Waals surface area contributed by atoms with Crippen molar-refractivity contribution in [2.75, 3.05) is 5.32 Å². The number of benzene rings is 1. The SMILES string of the molecule is Cc1nn(Cc2ccccc2F)c(C)c1NC(=O)CCn1nc(C(F)(F)F)c(Br)c1C. The number of anilines is 1. The Bertz CT molecular complexity index is 1120. The lowest BCUT2D eigenvalue weighted by Crippen LogP contribution is -2.17. The van der Waals surface area contributed by atoms with Gasteiger partial charge in [0.1, 0.15) is 5.82 Å². The van der Waals surface area contributed by atoms with Crippen molar-refractivity contribution in [2.24, 2.45) is 0 Å². The topological polar surface area (TPSA) is 64.7 Å². The van der Waals surface area contributed by atoms with Gasteiger partial charge in [0.15, 0.2) is 5.69 Å². The average molecular weight is 502 g/mol. The van der Waals surface area contributed by atoms with Gasteiger partial charge in [-0.25, -0.2) is 4.39 Å². The smallest absolute Gasteiger partial charge is 0.323 e. The molecule has 166 valence electrons. The minimum Gasteiger partial charge on any atom is -0.323 e. The molecule has 0 atom stereocenters. The Hall–Kier alpha value is -2.69. The summed E-state index contributed by atoms with van der Waals surface area (Å²) in [6, 6.07) is 6.35. The highest BCUT2D eigenvalue weighted by Crippen LogP contribution is 2.35. The van der Waals surface area contributed by atoms with E-state index < -0.39 is 17.8 Å². The number of aryl methyl sites for hydroxylation is 2. The largest absolute Gasteiger partial charge is 0.436 e. The average Bonchev–Trinajstić information content (AvgIpc) is 3.12. The fourth-order valence-electron chi connectivity index (χ4n) is 3.15. The first kappa shape index (κ1) is 23.0. The molecule has 3 rings (SSSR count). The second-order valence-corrected chi connectivity index (χ2v) is 7.85. The fraction of sp³-hybridized carbons (Fsp3) is 0.350. The molecule has 1 aromatic carbocycles. The molecule has 0 aliphatic carbocycles. The van der Waals surface area contributed by atoms with Gasteiger partial charge in [-0.3, -0.25) is 14.2 Å². The summed E-state index contributed by atoms with van der Waals surface area (Å²) in [6.45, 7) is 5.14. The van der Waals surface area contributed by atoms with Gasteiger partial charge in [-0.2, -0.15) is 23.4 Å². The van der Waals surface area contributed by atoms with E-state index in [1.165, 1.54) is 13.0 Å². The van der Waals surface area contributed by atoms with Crippen molar-refractivity contribution in [2.45, 2.75) is 46.5 Å². The molecule has 0 unspecified atom stereocenters. The molecule has 11 heteroatoms. The van der Waals surface area contributed by atoms with Crippen LogP contribution in [0, 0.1) is 26.6 Å². The maximum atomic E-state index is 13.9. The predicted molar refractivity (Wildman–Crippen MR) is 110 cm³/mol. The van der Waals surface area contributed by atoms with Gasteiger partial charge in [-0.15, -0.1) is 0 Å². The van der Waals surface area contributed by atoms with Crippen LogP contribution in [0.5, 0.6) is 0 Å². The molecule has 2 heterocycles. The Morgan fingerprint density at radius 3 is 2.39 bits per heavy atom. The molecule has 0 saturated heterocycles. The standard InChI is InChI=1S/C20H20BrF4N5O/c1-11-18(13(3)30(27-11)10-14-6-4-5-7-15(14)22)26-16(31)8-9-29-12(2)17(21)19(28-29)20(23,24)25/h4-7H,8-10H2,1-3H3,(H,26,31). The molecule has 31 heavy (non-hydrogen) atoms. The molecule has 0 bridgehead atoms. The lowest BCUT2D eigenvalue weighted by molar-refractivity contribution is -0.142. The van der Waals surface area contributed by atoms with Crippen LogP contribution in [0.1, 0.15) is 34.8 Å². The van der Waals surface area contributed by atoms with Crippen LogP contribution in [0.4, 0.5) is 23.2 Å². The van der Waals surface area contributed by atoms with Crippen molar-refractivity contribution in [1.82, 2.24) is 19.6 Å². The molecular formula is C20H20BrF4N5O. The number of carbonyl (C=O) groups excluding carboxylic acids is 1. The lowest BCUT2D eigenvalue weighted by atomic mass is 10.2. The van der Waals surface area contributed by atoms with Crippen LogP contribution in [0.3, 0.4) is 0 Å². The number of carbonyl (C=O) groups is 1.